The van der Waals surface area contributed by atoms with Crippen LogP contribution in [0.15, 0.2) is 66.6 Å². The van der Waals surface area contributed by atoms with E-state index in [1.807, 2.05) is 11.8 Å². The number of aromatic amines is 1. The quantitative estimate of drug-likeness (QED) is 0.460. The Balaban J connectivity index is 1.27. The average molecular weight is 456 g/mol. The summed E-state index contributed by atoms with van der Waals surface area (Å²) in [6, 6.07) is 2.16. The molecule has 2 bridgehead atoms. The van der Waals surface area contributed by atoms with Gasteiger partial charge in [-0.2, -0.15) is 0 Å². The van der Waals surface area contributed by atoms with Crippen LogP contribution in [-0.2, 0) is 6.42 Å². The molecule has 1 aromatic rings. The highest BCUT2D eigenvalue weighted by Gasteiger charge is 2.83. The van der Waals surface area contributed by atoms with E-state index >= 15 is 0 Å². The SMILES string of the molecule is C=C1C=C2C34CCC5CC=CC6(C1C6(C)C)C25CC=CC3CC(CC(CO)Cc1cc[nH]c1)C4. The van der Waals surface area contributed by atoms with Crippen LogP contribution in [0.4, 0.5) is 0 Å². The van der Waals surface area contributed by atoms with Gasteiger partial charge in [-0.15, -0.1) is 0 Å². The van der Waals surface area contributed by atoms with E-state index in [1.54, 1.807) is 0 Å². The van der Waals surface area contributed by atoms with Crippen molar-refractivity contribution in [2.24, 2.45) is 51.2 Å². The third kappa shape index (κ3) is 2.37. The van der Waals surface area contributed by atoms with Crippen molar-refractivity contribution in [2.75, 3.05) is 6.61 Å². The summed E-state index contributed by atoms with van der Waals surface area (Å²) in [5.41, 5.74) is 5.75. The average Bonchev–Trinajstić information content (AvgIpc) is 3.17. The molecule has 0 saturated heterocycles. The van der Waals surface area contributed by atoms with Crippen molar-refractivity contribution >= 4 is 0 Å². The molecule has 8 atom stereocenters. The van der Waals surface area contributed by atoms with Crippen molar-refractivity contribution in [1.29, 1.82) is 0 Å². The zero-order valence-corrected chi connectivity index (χ0v) is 21.0. The maximum Gasteiger partial charge on any atom is 0.0462 e. The second-order valence-corrected chi connectivity index (χ2v) is 13.4. The predicted molar refractivity (Wildman–Crippen MR) is 138 cm³/mol. The summed E-state index contributed by atoms with van der Waals surface area (Å²) in [5.74, 6) is 3.12. The van der Waals surface area contributed by atoms with E-state index in [-0.39, 0.29) is 5.41 Å². The fourth-order valence-electron chi connectivity index (χ4n) is 10.9. The second kappa shape index (κ2) is 6.90. The molecule has 1 heterocycles. The lowest BCUT2D eigenvalue weighted by molar-refractivity contribution is 0.00296. The van der Waals surface area contributed by atoms with Crippen LogP contribution in [0.2, 0.25) is 0 Å². The monoisotopic (exact) mass is 455 g/mol. The van der Waals surface area contributed by atoms with Crippen LogP contribution in [0.5, 0.6) is 0 Å². The van der Waals surface area contributed by atoms with Crippen molar-refractivity contribution in [2.45, 2.75) is 65.2 Å². The highest BCUT2D eigenvalue weighted by molar-refractivity contribution is 5.57. The smallest absolute Gasteiger partial charge is 0.0462 e. The zero-order valence-electron chi connectivity index (χ0n) is 21.0. The number of hydrogen-bond acceptors (Lipinski definition) is 1. The number of nitrogens with one attached hydrogen (secondary N) is 1. The van der Waals surface area contributed by atoms with Gasteiger partial charge >= 0.3 is 0 Å². The number of hydrogen-bond donors (Lipinski definition) is 2. The van der Waals surface area contributed by atoms with Gasteiger partial charge in [0, 0.05) is 29.8 Å². The number of aliphatic hydroxyl groups is 1. The van der Waals surface area contributed by atoms with Gasteiger partial charge in [0.2, 0.25) is 0 Å². The largest absolute Gasteiger partial charge is 0.396 e. The van der Waals surface area contributed by atoms with Gasteiger partial charge in [-0.1, -0.05) is 62.0 Å². The lowest BCUT2D eigenvalue weighted by Crippen LogP contribution is -2.53. The Morgan fingerprint density at radius 1 is 1.26 bits per heavy atom. The molecule has 3 fully saturated rings. The van der Waals surface area contributed by atoms with E-state index in [0.717, 1.165) is 18.8 Å². The zero-order chi connectivity index (χ0) is 23.3. The molecule has 34 heavy (non-hydrogen) atoms. The van der Waals surface area contributed by atoms with Crippen molar-refractivity contribution in [3.05, 3.63) is 72.1 Å². The molecule has 2 nitrogen and oxygen atoms in total. The number of aliphatic hydroxyl groups excluding tert-OH is 1. The van der Waals surface area contributed by atoms with Crippen molar-refractivity contribution in [1.82, 2.24) is 4.98 Å². The van der Waals surface area contributed by atoms with Crippen LogP contribution in [-0.4, -0.2) is 16.7 Å². The lowest BCUT2D eigenvalue weighted by atomic mass is 9.42. The normalized spacial score (nSPS) is 45.6. The van der Waals surface area contributed by atoms with Gasteiger partial charge in [0.15, 0.2) is 0 Å². The van der Waals surface area contributed by atoms with Crippen LogP contribution >= 0.6 is 0 Å². The molecule has 0 radical (unpaired) electrons. The summed E-state index contributed by atoms with van der Waals surface area (Å²) in [4.78, 5) is 3.18. The lowest BCUT2D eigenvalue weighted by Gasteiger charge is -2.61. The van der Waals surface area contributed by atoms with E-state index in [4.69, 9.17) is 0 Å². The first-order chi connectivity index (χ1) is 16.4. The maximum atomic E-state index is 10.2. The first-order valence-electron chi connectivity index (χ1n) is 13.9. The summed E-state index contributed by atoms with van der Waals surface area (Å²) in [7, 11) is 0. The molecule has 7 rings (SSSR count). The Hall–Kier alpha value is -1.80. The molecule has 0 amide bonds. The maximum absolute atomic E-state index is 10.2. The summed E-state index contributed by atoms with van der Waals surface area (Å²) >= 11 is 0. The van der Waals surface area contributed by atoms with Crippen molar-refractivity contribution < 1.29 is 5.11 Å². The Bertz CT molecular complexity index is 1100. The van der Waals surface area contributed by atoms with Gasteiger partial charge in [0.25, 0.3) is 0 Å². The van der Waals surface area contributed by atoms with E-state index in [9.17, 15) is 5.11 Å². The van der Waals surface area contributed by atoms with Gasteiger partial charge in [-0.25, -0.2) is 0 Å². The molecule has 6 aliphatic rings. The van der Waals surface area contributed by atoms with Crippen LogP contribution in [0, 0.1) is 51.2 Å². The number of rotatable bonds is 5. The highest BCUT2D eigenvalue weighted by atomic mass is 16.3. The summed E-state index contributed by atoms with van der Waals surface area (Å²) in [6.45, 7) is 10.0. The molecule has 180 valence electrons. The van der Waals surface area contributed by atoms with E-state index in [1.165, 1.54) is 49.7 Å². The molecular formula is C32H41NO. The predicted octanol–water partition coefficient (Wildman–Crippen LogP) is 7.02. The molecule has 0 aliphatic heterocycles. The van der Waals surface area contributed by atoms with Gasteiger partial charge in [0.1, 0.15) is 0 Å². The number of allylic oxidation sites excluding steroid dienone is 7. The fourth-order valence-corrected chi connectivity index (χ4v) is 10.9. The number of H-pyrrole nitrogens is 1. The van der Waals surface area contributed by atoms with Gasteiger partial charge in [-0.3, -0.25) is 0 Å². The molecule has 3 saturated carbocycles. The summed E-state index contributed by atoms with van der Waals surface area (Å²) < 4.78 is 0. The topological polar surface area (TPSA) is 36.0 Å². The first kappa shape index (κ1) is 21.5. The van der Waals surface area contributed by atoms with Gasteiger partial charge in [-0.05, 0) is 103 Å². The molecule has 1 aromatic heterocycles. The van der Waals surface area contributed by atoms with Crippen molar-refractivity contribution in [3.8, 4) is 0 Å². The highest BCUT2D eigenvalue weighted by Crippen LogP contribution is 2.89. The number of aromatic nitrogens is 1. The molecule has 2 N–H and O–H groups in total. The fraction of sp³-hybridized carbons (Fsp3) is 0.625. The molecule has 6 aliphatic carbocycles. The Kier molecular flexibility index (Phi) is 4.36. The second-order valence-electron chi connectivity index (χ2n) is 13.4. The van der Waals surface area contributed by atoms with Crippen LogP contribution < -0.4 is 0 Å². The molecule has 8 unspecified atom stereocenters. The third-order valence-corrected chi connectivity index (χ3v) is 11.9. The Labute approximate surface area is 205 Å². The third-order valence-electron chi connectivity index (χ3n) is 11.9. The molecule has 3 spiro atoms. The van der Waals surface area contributed by atoms with Gasteiger partial charge < -0.3 is 10.1 Å². The minimum Gasteiger partial charge on any atom is -0.396 e. The summed E-state index contributed by atoms with van der Waals surface area (Å²) in [6.07, 6.45) is 27.2. The van der Waals surface area contributed by atoms with E-state index in [0.29, 0.717) is 46.5 Å². The standard InChI is InChI=1S/C32H41NO/c1-21-14-27-30-12-8-25-6-5-11-32(28(21)29(32,2)3)31(25,27)10-4-7-26(30)17-23(18-30)16-24(20-34)15-22-9-13-33-19-22/h4-5,7,9,11,13-14,19,23-26,28,33-34H,1,6,8,10,12,15-18,20H2,2-3H3. The summed E-state index contributed by atoms with van der Waals surface area (Å²) in [5, 5.41) is 10.2. The minimum atomic E-state index is 0.275. The van der Waals surface area contributed by atoms with Crippen LogP contribution in [0.3, 0.4) is 0 Å². The molecule has 2 heteroatoms. The van der Waals surface area contributed by atoms with Crippen LogP contribution in [0.1, 0.15) is 64.4 Å². The molecule has 0 aromatic carbocycles. The van der Waals surface area contributed by atoms with E-state index < -0.39 is 0 Å². The molecular weight excluding hydrogens is 414 g/mol. The van der Waals surface area contributed by atoms with Crippen LogP contribution in [0.25, 0.3) is 0 Å². The van der Waals surface area contributed by atoms with Gasteiger partial charge in [0.05, 0.1) is 0 Å². The first-order valence-corrected chi connectivity index (χ1v) is 13.9. The Morgan fingerprint density at radius 2 is 2.15 bits per heavy atom. The van der Waals surface area contributed by atoms with Crippen molar-refractivity contribution in [3.63, 3.8) is 0 Å². The van der Waals surface area contributed by atoms with E-state index in [2.05, 4.69) is 68.1 Å². The minimum absolute atomic E-state index is 0.275. The Morgan fingerprint density at radius 3 is 2.94 bits per heavy atom.